The highest BCUT2D eigenvalue weighted by Gasteiger charge is 2.08. The van der Waals surface area contributed by atoms with E-state index in [-0.39, 0.29) is 4.88 Å². The second kappa shape index (κ2) is 3.66. The zero-order valence-corrected chi connectivity index (χ0v) is 8.27. The molecule has 5 nitrogen and oxygen atoms in total. The van der Waals surface area contributed by atoms with Gasteiger partial charge in [-0.3, -0.25) is 9.36 Å². The van der Waals surface area contributed by atoms with Gasteiger partial charge in [0, 0.05) is 6.20 Å². The fraction of sp³-hybridized carbons (Fsp3) is 0. The third kappa shape index (κ3) is 1.79. The summed E-state index contributed by atoms with van der Waals surface area (Å²) >= 11 is 1.13. The van der Waals surface area contributed by atoms with Gasteiger partial charge in [0.15, 0.2) is 6.29 Å². The first-order valence-corrected chi connectivity index (χ1v) is 4.85. The quantitative estimate of drug-likeness (QED) is 0.797. The second-order valence-corrected chi connectivity index (χ2v) is 3.83. The number of aromatic nitrogens is 2. The number of hydrogen-bond donors (Lipinski definition) is 1. The number of carboxylic acids is 1. The van der Waals surface area contributed by atoms with E-state index in [2.05, 4.69) is 4.98 Å². The molecular weight excluding hydrogens is 216 g/mol. The van der Waals surface area contributed by atoms with E-state index < -0.39 is 5.97 Å². The molecule has 0 bridgehead atoms. The Morgan fingerprint density at radius 2 is 2.33 bits per heavy atom. The van der Waals surface area contributed by atoms with Crippen molar-refractivity contribution in [2.24, 2.45) is 0 Å². The SMILES string of the molecule is O=Cc1cn(-c2ccc(C(=O)O)s2)cn1. The number of carboxylic acid groups (broad SMARTS) is 1. The fourth-order valence-electron chi connectivity index (χ4n) is 1.10. The van der Waals surface area contributed by atoms with Gasteiger partial charge in [-0.25, -0.2) is 9.78 Å². The molecule has 0 amide bonds. The maximum atomic E-state index is 10.6. The number of hydrogen-bond acceptors (Lipinski definition) is 4. The highest BCUT2D eigenvalue weighted by atomic mass is 32.1. The summed E-state index contributed by atoms with van der Waals surface area (Å²) in [5.41, 5.74) is 0.320. The third-order valence-corrected chi connectivity index (χ3v) is 2.87. The van der Waals surface area contributed by atoms with Gasteiger partial charge >= 0.3 is 5.97 Å². The van der Waals surface area contributed by atoms with Gasteiger partial charge in [-0.1, -0.05) is 0 Å². The smallest absolute Gasteiger partial charge is 0.345 e. The summed E-state index contributed by atoms with van der Waals surface area (Å²) in [6.45, 7) is 0. The molecule has 2 aromatic heterocycles. The average molecular weight is 222 g/mol. The van der Waals surface area contributed by atoms with Gasteiger partial charge in [0.1, 0.15) is 21.9 Å². The normalized spacial score (nSPS) is 10.1. The maximum Gasteiger partial charge on any atom is 0.345 e. The molecule has 0 fully saturated rings. The minimum atomic E-state index is -0.957. The van der Waals surface area contributed by atoms with Crippen molar-refractivity contribution in [2.75, 3.05) is 0 Å². The molecule has 2 heterocycles. The van der Waals surface area contributed by atoms with Gasteiger partial charge in [0.2, 0.25) is 0 Å². The van der Waals surface area contributed by atoms with Crippen LogP contribution in [0.15, 0.2) is 24.7 Å². The van der Waals surface area contributed by atoms with Crippen LogP contribution in [-0.2, 0) is 0 Å². The monoisotopic (exact) mass is 222 g/mol. The predicted octanol–water partition coefficient (Wildman–Crippen LogP) is 1.44. The number of nitrogens with zero attached hydrogens (tertiary/aromatic N) is 2. The first-order valence-electron chi connectivity index (χ1n) is 4.03. The average Bonchev–Trinajstić information content (AvgIpc) is 2.86. The van der Waals surface area contributed by atoms with Gasteiger partial charge in [0.05, 0.1) is 0 Å². The molecule has 0 aromatic carbocycles. The van der Waals surface area contributed by atoms with Crippen LogP contribution < -0.4 is 0 Å². The largest absolute Gasteiger partial charge is 0.477 e. The number of thiophene rings is 1. The first-order chi connectivity index (χ1) is 7.20. The lowest BCUT2D eigenvalue weighted by atomic mass is 10.5. The number of aldehydes is 1. The topological polar surface area (TPSA) is 72.2 Å². The molecule has 0 saturated carbocycles. The van der Waals surface area contributed by atoms with Gasteiger partial charge in [0.25, 0.3) is 0 Å². The van der Waals surface area contributed by atoms with Crippen LogP contribution in [0.25, 0.3) is 5.00 Å². The molecule has 0 unspecified atom stereocenters. The molecular formula is C9H6N2O3S. The van der Waals surface area contributed by atoms with Crippen LogP contribution in [0.1, 0.15) is 20.2 Å². The Balaban J connectivity index is 2.36. The number of aromatic carboxylic acids is 1. The molecule has 6 heteroatoms. The van der Waals surface area contributed by atoms with Crippen LogP contribution in [0.3, 0.4) is 0 Å². The van der Waals surface area contributed by atoms with Gasteiger partial charge < -0.3 is 5.11 Å². The minimum absolute atomic E-state index is 0.256. The molecule has 0 aliphatic heterocycles. The summed E-state index contributed by atoms with van der Waals surface area (Å²) in [5, 5.41) is 9.44. The number of rotatable bonds is 3. The lowest BCUT2D eigenvalue weighted by Crippen LogP contribution is -1.90. The van der Waals surface area contributed by atoms with Crippen molar-refractivity contribution in [2.45, 2.75) is 0 Å². The van der Waals surface area contributed by atoms with Crippen molar-refractivity contribution < 1.29 is 14.7 Å². The Bertz CT molecular complexity index is 515. The van der Waals surface area contributed by atoms with E-state index in [4.69, 9.17) is 5.11 Å². The zero-order valence-electron chi connectivity index (χ0n) is 7.45. The molecule has 0 saturated heterocycles. The zero-order chi connectivity index (χ0) is 10.8. The summed E-state index contributed by atoms with van der Waals surface area (Å²) in [4.78, 5) is 25.1. The van der Waals surface area contributed by atoms with E-state index in [1.165, 1.54) is 12.4 Å². The van der Waals surface area contributed by atoms with Gasteiger partial charge in [-0.15, -0.1) is 11.3 Å². The first kappa shape index (κ1) is 9.60. The molecule has 0 aliphatic rings. The third-order valence-electron chi connectivity index (χ3n) is 1.78. The lowest BCUT2D eigenvalue weighted by molar-refractivity contribution is 0.0702. The highest BCUT2D eigenvalue weighted by molar-refractivity contribution is 7.16. The van der Waals surface area contributed by atoms with E-state index in [1.54, 1.807) is 16.8 Å². The Morgan fingerprint density at radius 1 is 1.53 bits per heavy atom. The Labute approximate surface area is 88.6 Å². The molecule has 15 heavy (non-hydrogen) atoms. The van der Waals surface area contributed by atoms with Crippen LogP contribution in [0.5, 0.6) is 0 Å². The van der Waals surface area contributed by atoms with Gasteiger partial charge in [-0.2, -0.15) is 0 Å². The van der Waals surface area contributed by atoms with Crippen LogP contribution in [0.4, 0.5) is 0 Å². The van der Waals surface area contributed by atoms with Crippen molar-refractivity contribution in [1.29, 1.82) is 0 Å². The molecule has 0 radical (unpaired) electrons. The molecule has 0 aliphatic carbocycles. The van der Waals surface area contributed by atoms with Crippen molar-refractivity contribution in [3.8, 4) is 5.00 Å². The molecule has 2 aromatic rings. The molecule has 0 spiro atoms. The number of imidazole rings is 1. The summed E-state index contributed by atoms with van der Waals surface area (Å²) in [6, 6.07) is 3.19. The molecule has 1 N–H and O–H groups in total. The second-order valence-electron chi connectivity index (χ2n) is 2.77. The summed E-state index contributed by atoms with van der Waals surface area (Å²) in [5.74, 6) is -0.957. The Kier molecular flexibility index (Phi) is 2.34. The van der Waals surface area contributed by atoms with Crippen LogP contribution in [0.2, 0.25) is 0 Å². The summed E-state index contributed by atoms with van der Waals surface area (Å²) in [7, 11) is 0. The van der Waals surface area contributed by atoms with E-state index in [0.29, 0.717) is 17.0 Å². The lowest BCUT2D eigenvalue weighted by Gasteiger charge is -1.93. The van der Waals surface area contributed by atoms with Crippen molar-refractivity contribution in [3.63, 3.8) is 0 Å². The molecule has 76 valence electrons. The highest BCUT2D eigenvalue weighted by Crippen LogP contribution is 2.20. The minimum Gasteiger partial charge on any atom is -0.477 e. The van der Waals surface area contributed by atoms with Gasteiger partial charge in [-0.05, 0) is 12.1 Å². The van der Waals surface area contributed by atoms with Crippen molar-refractivity contribution in [3.05, 3.63) is 35.2 Å². The Hall–Kier alpha value is -1.95. The number of carbonyl (C=O) groups is 2. The van der Waals surface area contributed by atoms with E-state index >= 15 is 0 Å². The fourth-order valence-corrected chi connectivity index (χ4v) is 1.89. The standard InChI is InChI=1S/C9H6N2O3S/c12-4-6-3-11(5-10-6)8-2-1-7(15-8)9(13)14/h1-5H,(H,13,14). The van der Waals surface area contributed by atoms with Crippen LogP contribution in [0, 0.1) is 0 Å². The molecule has 0 atom stereocenters. The van der Waals surface area contributed by atoms with E-state index in [0.717, 1.165) is 11.3 Å². The van der Waals surface area contributed by atoms with Crippen molar-refractivity contribution in [1.82, 2.24) is 9.55 Å². The van der Waals surface area contributed by atoms with Crippen LogP contribution >= 0.6 is 11.3 Å². The van der Waals surface area contributed by atoms with E-state index in [1.807, 2.05) is 0 Å². The summed E-state index contributed by atoms with van der Waals surface area (Å²) < 4.78 is 1.61. The van der Waals surface area contributed by atoms with Crippen LogP contribution in [-0.4, -0.2) is 26.9 Å². The summed E-state index contributed by atoms with van der Waals surface area (Å²) in [6.07, 6.45) is 3.66. The Morgan fingerprint density at radius 3 is 2.87 bits per heavy atom. The van der Waals surface area contributed by atoms with E-state index in [9.17, 15) is 9.59 Å². The van der Waals surface area contributed by atoms with Crippen molar-refractivity contribution >= 4 is 23.6 Å². The maximum absolute atomic E-state index is 10.6. The molecule has 2 rings (SSSR count). The number of carbonyl (C=O) groups excluding carboxylic acids is 1. The predicted molar refractivity (Wildman–Crippen MR) is 53.8 cm³/mol.